The Morgan fingerprint density at radius 3 is 2.40 bits per heavy atom. The van der Waals surface area contributed by atoms with Crippen LogP contribution in [0.1, 0.15) is 12.8 Å². The van der Waals surface area contributed by atoms with E-state index in [1.165, 1.54) is 12.7 Å². The van der Waals surface area contributed by atoms with E-state index in [0.29, 0.717) is 18.5 Å². The molecule has 4 atom stereocenters. The molecule has 2 aliphatic heterocycles. The molecule has 9 heteroatoms. The van der Waals surface area contributed by atoms with Gasteiger partial charge in [-0.2, -0.15) is 13.2 Å². The van der Waals surface area contributed by atoms with Crippen LogP contribution in [0, 0.1) is 11.8 Å². The second-order valence-electron chi connectivity index (χ2n) is 6.29. The quantitative estimate of drug-likeness (QED) is 0.922. The molecule has 1 N–H and O–H groups in total. The molecule has 2 aliphatic rings. The molecule has 1 aromatic heterocycles. The highest BCUT2D eigenvalue weighted by Gasteiger charge is 2.62. The van der Waals surface area contributed by atoms with Crippen LogP contribution in [0.25, 0.3) is 5.69 Å². The number of nitrogens with zero attached hydrogens (tertiary/aromatic N) is 3. The minimum absolute atomic E-state index is 0.353. The molecule has 25 heavy (non-hydrogen) atoms. The molecule has 4 rings (SSSR count). The molecule has 0 spiro atoms. The highest BCUT2D eigenvalue weighted by Crippen LogP contribution is 2.50. The molecule has 0 aliphatic carbocycles. The summed E-state index contributed by atoms with van der Waals surface area (Å²) in [5.41, 5.74) is 1.21. The van der Waals surface area contributed by atoms with Crippen LogP contribution < -0.4 is 5.32 Å². The number of alkyl halides is 3. The summed E-state index contributed by atoms with van der Waals surface area (Å²) in [5, 5.41) is 9.98. The summed E-state index contributed by atoms with van der Waals surface area (Å²) in [6.45, 7) is 0. The number of hydrogen-bond donors (Lipinski definition) is 1. The van der Waals surface area contributed by atoms with Crippen molar-refractivity contribution < 1.29 is 22.7 Å². The second-order valence-corrected chi connectivity index (χ2v) is 6.29. The van der Waals surface area contributed by atoms with E-state index in [-0.39, 0.29) is 0 Å². The molecule has 1 amide bonds. The van der Waals surface area contributed by atoms with Gasteiger partial charge in [0.25, 0.3) is 0 Å². The van der Waals surface area contributed by atoms with E-state index < -0.39 is 36.1 Å². The first-order chi connectivity index (χ1) is 11.9. The minimum atomic E-state index is -4.44. The van der Waals surface area contributed by atoms with Crippen molar-refractivity contribution in [3.63, 3.8) is 0 Å². The van der Waals surface area contributed by atoms with E-state index >= 15 is 0 Å². The number of aromatic nitrogens is 3. The first kappa shape index (κ1) is 16.1. The molecule has 1 aromatic carbocycles. The van der Waals surface area contributed by atoms with Gasteiger partial charge >= 0.3 is 6.18 Å². The van der Waals surface area contributed by atoms with E-state index in [0.717, 1.165) is 5.69 Å². The van der Waals surface area contributed by atoms with Gasteiger partial charge in [-0.05, 0) is 37.1 Å². The third kappa shape index (κ3) is 2.88. The monoisotopic (exact) mass is 352 g/mol. The average molecular weight is 352 g/mol. The van der Waals surface area contributed by atoms with Gasteiger partial charge in [0, 0.05) is 11.4 Å². The lowest BCUT2D eigenvalue weighted by atomic mass is 9.78. The highest BCUT2D eigenvalue weighted by molar-refractivity contribution is 5.93. The fourth-order valence-electron chi connectivity index (χ4n) is 3.70. The van der Waals surface area contributed by atoms with E-state index in [1.807, 2.05) is 0 Å². The zero-order valence-corrected chi connectivity index (χ0v) is 13.0. The number of ether oxygens (including phenoxy) is 1. The van der Waals surface area contributed by atoms with Gasteiger partial charge in [-0.25, -0.2) is 0 Å². The predicted molar refractivity (Wildman–Crippen MR) is 80.9 cm³/mol. The fourth-order valence-corrected chi connectivity index (χ4v) is 3.70. The lowest BCUT2D eigenvalue weighted by molar-refractivity contribution is -0.196. The lowest BCUT2D eigenvalue weighted by Crippen LogP contribution is -2.44. The van der Waals surface area contributed by atoms with Crippen LogP contribution in [0.5, 0.6) is 0 Å². The van der Waals surface area contributed by atoms with Crippen LogP contribution in [0.3, 0.4) is 0 Å². The maximum atomic E-state index is 13.3. The summed E-state index contributed by atoms with van der Waals surface area (Å²) >= 11 is 0. The van der Waals surface area contributed by atoms with Crippen LogP contribution in [0.15, 0.2) is 36.9 Å². The third-order valence-electron chi connectivity index (χ3n) is 4.81. The second kappa shape index (κ2) is 5.83. The first-order valence-corrected chi connectivity index (χ1v) is 7.91. The summed E-state index contributed by atoms with van der Waals surface area (Å²) in [5.74, 6) is -3.58. The Morgan fingerprint density at radius 2 is 1.76 bits per heavy atom. The number of amides is 1. The van der Waals surface area contributed by atoms with Crippen molar-refractivity contribution in [3.8, 4) is 5.69 Å². The highest BCUT2D eigenvalue weighted by atomic mass is 19.4. The Hall–Kier alpha value is -2.42. The van der Waals surface area contributed by atoms with Gasteiger partial charge in [0.05, 0.1) is 24.0 Å². The van der Waals surface area contributed by atoms with Crippen LogP contribution in [-0.2, 0) is 9.53 Å². The van der Waals surface area contributed by atoms with Crippen molar-refractivity contribution in [1.29, 1.82) is 0 Å². The number of anilines is 1. The zero-order valence-electron chi connectivity index (χ0n) is 13.0. The van der Waals surface area contributed by atoms with Gasteiger partial charge < -0.3 is 10.1 Å². The van der Waals surface area contributed by atoms with Gasteiger partial charge in [0.2, 0.25) is 5.91 Å². The maximum Gasteiger partial charge on any atom is 0.395 e. The summed E-state index contributed by atoms with van der Waals surface area (Å²) < 4.78 is 46.9. The molecule has 4 unspecified atom stereocenters. The van der Waals surface area contributed by atoms with Gasteiger partial charge in [-0.1, -0.05) is 0 Å². The van der Waals surface area contributed by atoms with Crippen LogP contribution in [0.2, 0.25) is 0 Å². The summed E-state index contributed by atoms with van der Waals surface area (Å²) in [7, 11) is 0. The molecule has 6 nitrogen and oxygen atoms in total. The zero-order chi connectivity index (χ0) is 17.6. The Morgan fingerprint density at radius 1 is 1.12 bits per heavy atom. The molecule has 2 fully saturated rings. The average Bonchev–Trinajstić information content (AvgIpc) is 3.31. The molecule has 0 radical (unpaired) electrons. The summed E-state index contributed by atoms with van der Waals surface area (Å²) in [4.78, 5) is 12.5. The molecular formula is C16H15F3N4O2. The largest absolute Gasteiger partial charge is 0.395 e. The van der Waals surface area contributed by atoms with Crippen molar-refractivity contribution in [3.05, 3.63) is 36.9 Å². The van der Waals surface area contributed by atoms with Gasteiger partial charge in [0.15, 0.2) is 0 Å². The van der Waals surface area contributed by atoms with Crippen molar-refractivity contribution >= 4 is 11.6 Å². The van der Waals surface area contributed by atoms with E-state index in [1.54, 1.807) is 28.8 Å². The van der Waals surface area contributed by atoms with Crippen molar-refractivity contribution in [2.75, 3.05) is 5.32 Å². The molecule has 2 bridgehead atoms. The number of halogens is 3. The molecular weight excluding hydrogens is 337 g/mol. The number of rotatable bonds is 3. The smallest absolute Gasteiger partial charge is 0.373 e. The minimum Gasteiger partial charge on any atom is -0.373 e. The SMILES string of the molecule is O=C(Nc1ccc(-n2cnnc2)cc1)C1C2CCC(O2)C1C(F)(F)F. The van der Waals surface area contributed by atoms with Crippen LogP contribution in [-0.4, -0.2) is 39.1 Å². The Kier molecular flexibility index (Phi) is 3.75. The number of fused-ring (bicyclic) bond motifs is 2. The van der Waals surface area contributed by atoms with Crippen LogP contribution >= 0.6 is 0 Å². The van der Waals surface area contributed by atoms with E-state index in [2.05, 4.69) is 15.5 Å². The number of nitrogens with one attached hydrogen (secondary N) is 1. The predicted octanol–water partition coefficient (Wildman–Crippen LogP) is 2.56. The van der Waals surface area contributed by atoms with Crippen molar-refractivity contribution in [2.24, 2.45) is 11.8 Å². The van der Waals surface area contributed by atoms with Gasteiger partial charge in [0.1, 0.15) is 12.7 Å². The Bertz CT molecular complexity index is 761. The third-order valence-corrected chi connectivity index (χ3v) is 4.81. The summed E-state index contributed by atoms with van der Waals surface area (Å²) in [6, 6.07) is 6.70. The molecule has 132 valence electrons. The Balaban J connectivity index is 1.50. The Labute approximate surface area is 141 Å². The summed E-state index contributed by atoms with van der Waals surface area (Å²) in [6.07, 6.45) is -2.12. The maximum absolute atomic E-state index is 13.3. The molecule has 2 saturated heterocycles. The standard InChI is InChI=1S/C16H15F3N4O2/c17-16(18,19)14-12-6-5-11(25-12)13(14)15(24)22-9-1-3-10(4-2-9)23-7-20-21-8-23/h1-4,7-8,11-14H,5-6H2,(H,22,24). The lowest BCUT2D eigenvalue weighted by Gasteiger charge is -2.28. The fraction of sp³-hybridized carbons (Fsp3) is 0.438. The van der Waals surface area contributed by atoms with Crippen molar-refractivity contribution in [1.82, 2.24) is 14.8 Å². The molecule has 2 aromatic rings. The topological polar surface area (TPSA) is 69.0 Å². The first-order valence-electron chi connectivity index (χ1n) is 7.91. The van der Waals surface area contributed by atoms with Crippen molar-refractivity contribution in [2.45, 2.75) is 31.2 Å². The van der Waals surface area contributed by atoms with Gasteiger partial charge in [-0.3, -0.25) is 9.36 Å². The molecule has 3 heterocycles. The number of carbonyl (C=O) groups excluding carboxylic acids is 1. The number of hydrogen-bond acceptors (Lipinski definition) is 4. The van der Waals surface area contributed by atoms with Gasteiger partial charge in [-0.15, -0.1) is 10.2 Å². The normalized spacial score (nSPS) is 28.3. The van der Waals surface area contributed by atoms with E-state index in [4.69, 9.17) is 4.74 Å². The molecule has 0 saturated carbocycles. The van der Waals surface area contributed by atoms with E-state index in [9.17, 15) is 18.0 Å². The number of carbonyl (C=O) groups is 1. The van der Waals surface area contributed by atoms with Crippen LogP contribution in [0.4, 0.5) is 18.9 Å². The number of benzene rings is 1.